The van der Waals surface area contributed by atoms with E-state index in [4.69, 9.17) is 5.73 Å². The van der Waals surface area contributed by atoms with Crippen LogP contribution in [0.4, 0.5) is 5.82 Å². The number of aryl methyl sites for hydroxylation is 1. The summed E-state index contributed by atoms with van der Waals surface area (Å²) in [6.45, 7) is 5.94. The molecule has 4 heteroatoms. The van der Waals surface area contributed by atoms with Gasteiger partial charge >= 0.3 is 0 Å². The van der Waals surface area contributed by atoms with E-state index in [9.17, 15) is 0 Å². The van der Waals surface area contributed by atoms with Gasteiger partial charge in [0.1, 0.15) is 0 Å². The minimum Gasteiger partial charge on any atom is -0.352 e. The number of rotatable bonds is 2. The van der Waals surface area contributed by atoms with Crippen molar-refractivity contribution in [1.82, 2.24) is 10.2 Å². The van der Waals surface area contributed by atoms with Crippen LogP contribution in [0.25, 0.3) is 0 Å². The van der Waals surface area contributed by atoms with Crippen LogP contribution in [0, 0.1) is 12.8 Å². The molecule has 0 aromatic carbocycles. The average molecular weight is 206 g/mol. The van der Waals surface area contributed by atoms with Gasteiger partial charge in [-0.05, 0) is 44.9 Å². The van der Waals surface area contributed by atoms with Crippen LogP contribution in [0.15, 0.2) is 12.1 Å². The van der Waals surface area contributed by atoms with E-state index in [1.54, 1.807) is 0 Å². The molecule has 82 valence electrons. The summed E-state index contributed by atoms with van der Waals surface area (Å²) in [5.74, 6) is 1.58. The molecule has 2 heterocycles. The highest BCUT2D eigenvalue weighted by molar-refractivity contribution is 5.40. The zero-order chi connectivity index (χ0) is 10.8. The Morgan fingerprint density at radius 3 is 2.80 bits per heavy atom. The van der Waals surface area contributed by atoms with Crippen molar-refractivity contribution in [2.45, 2.75) is 26.3 Å². The summed E-state index contributed by atoms with van der Waals surface area (Å²) < 4.78 is 0. The maximum atomic E-state index is 5.70. The normalized spacial score (nSPS) is 25.9. The summed E-state index contributed by atoms with van der Waals surface area (Å²) in [4.78, 5) is 2.30. The summed E-state index contributed by atoms with van der Waals surface area (Å²) in [5, 5.41) is 8.30. The second-order valence-electron chi connectivity index (χ2n) is 4.37. The first kappa shape index (κ1) is 10.4. The number of hydrogen-bond donors (Lipinski definition) is 1. The lowest BCUT2D eigenvalue weighted by Crippen LogP contribution is -2.28. The lowest BCUT2D eigenvalue weighted by molar-refractivity contribution is 0.579. The van der Waals surface area contributed by atoms with Crippen LogP contribution >= 0.6 is 0 Å². The molecular formula is C11H18N4. The second kappa shape index (κ2) is 4.14. The molecule has 4 nitrogen and oxygen atoms in total. The quantitative estimate of drug-likeness (QED) is 0.783. The molecule has 2 atom stereocenters. The first-order chi connectivity index (χ1) is 7.20. The van der Waals surface area contributed by atoms with Crippen molar-refractivity contribution in [2.75, 3.05) is 18.0 Å². The summed E-state index contributed by atoms with van der Waals surface area (Å²) in [7, 11) is 0. The topological polar surface area (TPSA) is 55.0 Å². The fraction of sp³-hybridized carbons (Fsp3) is 0.636. The molecule has 2 rings (SSSR count). The molecule has 1 aromatic heterocycles. The van der Waals surface area contributed by atoms with Crippen molar-refractivity contribution in [2.24, 2.45) is 11.7 Å². The molecule has 0 bridgehead atoms. The molecule has 0 radical (unpaired) electrons. The Kier molecular flexibility index (Phi) is 2.86. The molecule has 1 aliphatic rings. The van der Waals surface area contributed by atoms with Gasteiger partial charge in [-0.2, -0.15) is 5.10 Å². The van der Waals surface area contributed by atoms with E-state index in [2.05, 4.69) is 22.0 Å². The van der Waals surface area contributed by atoms with Gasteiger partial charge in [-0.1, -0.05) is 0 Å². The molecule has 1 saturated heterocycles. The third-order valence-electron chi connectivity index (χ3n) is 3.07. The van der Waals surface area contributed by atoms with Gasteiger partial charge in [0.05, 0.1) is 5.69 Å². The van der Waals surface area contributed by atoms with Gasteiger partial charge in [-0.25, -0.2) is 0 Å². The predicted octanol–water partition coefficient (Wildman–Crippen LogP) is 0.959. The molecule has 1 fully saturated rings. The molecule has 0 spiro atoms. The fourth-order valence-corrected chi connectivity index (χ4v) is 2.18. The Labute approximate surface area is 90.5 Å². The lowest BCUT2D eigenvalue weighted by atomic mass is 10.1. The van der Waals surface area contributed by atoms with Crippen LogP contribution in [-0.2, 0) is 0 Å². The van der Waals surface area contributed by atoms with Gasteiger partial charge in [0.25, 0.3) is 0 Å². The first-order valence-electron chi connectivity index (χ1n) is 5.47. The largest absolute Gasteiger partial charge is 0.352 e. The van der Waals surface area contributed by atoms with E-state index in [-0.39, 0.29) is 0 Å². The van der Waals surface area contributed by atoms with Crippen molar-refractivity contribution in [3.8, 4) is 0 Å². The second-order valence-corrected chi connectivity index (χ2v) is 4.37. The van der Waals surface area contributed by atoms with E-state index in [0.29, 0.717) is 12.0 Å². The summed E-state index contributed by atoms with van der Waals surface area (Å²) in [6, 6.07) is 4.57. The van der Waals surface area contributed by atoms with Crippen LogP contribution in [0.2, 0.25) is 0 Å². The number of anilines is 1. The molecule has 15 heavy (non-hydrogen) atoms. The van der Waals surface area contributed by atoms with E-state index >= 15 is 0 Å². The standard InChI is InChI=1S/C11H18N4/c1-8-3-4-11(14-13-8)15-7-10(6-12)5-9(15)2/h3-4,9-10H,5-7,12H2,1-2H3. The number of nitrogens with zero attached hydrogens (tertiary/aromatic N) is 3. The smallest absolute Gasteiger partial charge is 0.151 e. The van der Waals surface area contributed by atoms with Gasteiger partial charge in [-0.3, -0.25) is 0 Å². The van der Waals surface area contributed by atoms with Crippen LogP contribution in [0.1, 0.15) is 19.0 Å². The van der Waals surface area contributed by atoms with Gasteiger partial charge in [0, 0.05) is 12.6 Å². The van der Waals surface area contributed by atoms with Gasteiger partial charge in [0.2, 0.25) is 0 Å². The lowest BCUT2D eigenvalue weighted by Gasteiger charge is -2.21. The van der Waals surface area contributed by atoms with Gasteiger partial charge in [0.15, 0.2) is 5.82 Å². The van der Waals surface area contributed by atoms with E-state index in [1.807, 2.05) is 19.1 Å². The molecule has 0 amide bonds. The van der Waals surface area contributed by atoms with Gasteiger partial charge < -0.3 is 10.6 Å². The SMILES string of the molecule is Cc1ccc(N2CC(CN)CC2C)nn1. The molecular weight excluding hydrogens is 188 g/mol. The zero-order valence-electron chi connectivity index (χ0n) is 9.35. The van der Waals surface area contributed by atoms with Crippen LogP contribution < -0.4 is 10.6 Å². The highest BCUT2D eigenvalue weighted by atomic mass is 15.3. The molecule has 2 N–H and O–H groups in total. The molecule has 2 unspecified atom stereocenters. The Bertz CT molecular complexity index is 322. The predicted molar refractivity (Wildman–Crippen MR) is 60.7 cm³/mol. The maximum absolute atomic E-state index is 5.70. The Hall–Kier alpha value is -1.16. The zero-order valence-corrected chi connectivity index (χ0v) is 9.35. The first-order valence-corrected chi connectivity index (χ1v) is 5.47. The van der Waals surface area contributed by atoms with Crippen molar-refractivity contribution >= 4 is 5.82 Å². The minimum atomic E-state index is 0.524. The summed E-state index contributed by atoms with van der Waals surface area (Å²) >= 11 is 0. The summed E-state index contributed by atoms with van der Waals surface area (Å²) in [5.41, 5.74) is 6.66. The van der Waals surface area contributed by atoms with E-state index in [1.165, 1.54) is 0 Å². The number of aromatic nitrogens is 2. The van der Waals surface area contributed by atoms with Crippen molar-refractivity contribution in [1.29, 1.82) is 0 Å². The van der Waals surface area contributed by atoms with Gasteiger partial charge in [-0.15, -0.1) is 5.10 Å². The Morgan fingerprint density at radius 1 is 1.47 bits per heavy atom. The third-order valence-corrected chi connectivity index (χ3v) is 3.07. The molecule has 0 aliphatic carbocycles. The van der Waals surface area contributed by atoms with E-state index in [0.717, 1.165) is 31.0 Å². The number of nitrogens with two attached hydrogens (primary N) is 1. The summed E-state index contributed by atoms with van der Waals surface area (Å²) in [6.07, 6.45) is 1.16. The highest BCUT2D eigenvalue weighted by Crippen LogP contribution is 2.26. The average Bonchev–Trinajstić information content (AvgIpc) is 2.61. The molecule has 0 saturated carbocycles. The Balaban J connectivity index is 2.14. The maximum Gasteiger partial charge on any atom is 0.151 e. The monoisotopic (exact) mass is 206 g/mol. The highest BCUT2D eigenvalue weighted by Gasteiger charge is 2.28. The fourth-order valence-electron chi connectivity index (χ4n) is 2.18. The van der Waals surface area contributed by atoms with Crippen LogP contribution in [0.3, 0.4) is 0 Å². The Morgan fingerprint density at radius 2 is 2.27 bits per heavy atom. The van der Waals surface area contributed by atoms with Crippen LogP contribution in [0.5, 0.6) is 0 Å². The molecule has 1 aromatic rings. The van der Waals surface area contributed by atoms with Crippen molar-refractivity contribution in [3.63, 3.8) is 0 Å². The van der Waals surface area contributed by atoms with Crippen LogP contribution in [-0.4, -0.2) is 29.3 Å². The third kappa shape index (κ3) is 2.09. The minimum absolute atomic E-state index is 0.524. The molecule has 1 aliphatic heterocycles. The van der Waals surface area contributed by atoms with Crippen molar-refractivity contribution in [3.05, 3.63) is 17.8 Å². The van der Waals surface area contributed by atoms with E-state index < -0.39 is 0 Å². The van der Waals surface area contributed by atoms with Crippen molar-refractivity contribution < 1.29 is 0 Å². The number of hydrogen-bond acceptors (Lipinski definition) is 4.